The highest BCUT2D eigenvalue weighted by Gasteiger charge is 2.15. The van der Waals surface area contributed by atoms with Crippen molar-refractivity contribution in [2.45, 2.75) is 11.8 Å². The minimum absolute atomic E-state index is 0.183. The largest absolute Gasteiger partial charge is 0.327 e. The predicted octanol–water partition coefficient (Wildman–Crippen LogP) is 0.660. The summed E-state index contributed by atoms with van der Waals surface area (Å²) in [6, 6.07) is 6.43. The van der Waals surface area contributed by atoms with Gasteiger partial charge in [0.2, 0.25) is 10.0 Å². The molecule has 3 N–H and O–H groups in total. The van der Waals surface area contributed by atoms with Gasteiger partial charge in [0.05, 0.1) is 16.5 Å². The third kappa shape index (κ3) is 3.67. The summed E-state index contributed by atoms with van der Waals surface area (Å²) in [4.78, 5) is 0.183. The fourth-order valence-corrected chi connectivity index (χ4v) is 2.64. The van der Waals surface area contributed by atoms with Crippen molar-refractivity contribution >= 4 is 10.0 Å². The van der Waals surface area contributed by atoms with E-state index in [0.29, 0.717) is 17.7 Å². The molecule has 0 radical (unpaired) electrons. The Morgan fingerprint density at radius 1 is 1.44 bits per heavy atom. The molecular formula is C12H15N3O2S. The molecule has 0 saturated carbocycles. The molecule has 0 fully saturated rings. The van der Waals surface area contributed by atoms with Crippen LogP contribution in [0.5, 0.6) is 0 Å². The standard InChI is InChI=1S/C12H15N3O2S/c1-10-8-11(9-14)4-5-12(10)18(16,17)15-7-3-2-6-13/h2-5,8,15H,6-7,13H2,1H3/b3-2+. The van der Waals surface area contributed by atoms with Crippen LogP contribution in [-0.4, -0.2) is 21.5 Å². The quantitative estimate of drug-likeness (QED) is 0.764. The maximum atomic E-state index is 12.0. The van der Waals surface area contributed by atoms with E-state index in [-0.39, 0.29) is 11.4 Å². The predicted molar refractivity (Wildman–Crippen MR) is 69.3 cm³/mol. The van der Waals surface area contributed by atoms with Gasteiger partial charge in [0.25, 0.3) is 0 Å². The van der Waals surface area contributed by atoms with E-state index in [2.05, 4.69) is 4.72 Å². The first-order valence-electron chi connectivity index (χ1n) is 5.36. The SMILES string of the molecule is Cc1cc(C#N)ccc1S(=O)(=O)NC/C=C/CN. The topological polar surface area (TPSA) is 96.0 Å². The fourth-order valence-electron chi connectivity index (χ4n) is 1.44. The maximum absolute atomic E-state index is 12.0. The van der Waals surface area contributed by atoms with E-state index in [0.717, 1.165) is 0 Å². The summed E-state index contributed by atoms with van der Waals surface area (Å²) >= 11 is 0. The lowest BCUT2D eigenvalue weighted by Crippen LogP contribution is -2.24. The summed E-state index contributed by atoms with van der Waals surface area (Å²) < 4.78 is 26.3. The second-order valence-electron chi connectivity index (χ2n) is 3.65. The number of nitriles is 1. The van der Waals surface area contributed by atoms with Crippen LogP contribution in [-0.2, 0) is 10.0 Å². The average Bonchev–Trinajstić information content (AvgIpc) is 2.34. The molecule has 1 rings (SSSR count). The summed E-state index contributed by atoms with van der Waals surface area (Å²) in [6.07, 6.45) is 3.32. The highest BCUT2D eigenvalue weighted by Crippen LogP contribution is 2.16. The van der Waals surface area contributed by atoms with Gasteiger partial charge in [0.15, 0.2) is 0 Å². The Labute approximate surface area is 107 Å². The highest BCUT2D eigenvalue weighted by atomic mass is 32.2. The first-order chi connectivity index (χ1) is 8.51. The first-order valence-corrected chi connectivity index (χ1v) is 6.85. The second kappa shape index (κ2) is 6.31. The van der Waals surface area contributed by atoms with Crippen molar-refractivity contribution in [1.82, 2.24) is 4.72 Å². The number of nitrogens with zero attached hydrogens (tertiary/aromatic N) is 1. The molecule has 0 saturated heterocycles. The van der Waals surface area contributed by atoms with Crippen LogP contribution in [0.3, 0.4) is 0 Å². The normalized spacial score (nSPS) is 11.6. The van der Waals surface area contributed by atoms with E-state index in [9.17, 15) is 8.42 Å². The van der Waals surface area contributed by atoms with Crippen LogP contribution < -0.4 is 10.5 Å². The van der Waals surface area contributed by atoms with Crippen molar-refractivity contribution in [3.05, 3.63) is 41.5 Å². The van der Waals surface area contributed by atoms with Crippen LogP contribution in [0.2, 0.25) is 0 Å². The number of rotatable bonds is 5. The van der Waals surface area contributed by atoms with E-state index >= 15 is 0 Å². The Hall–Kier alpha value is -1.68. The first kappa shape index (κ1) is 14.4. The Morgan fingerprint density at radius 3 is 2.72 bits per heavy atom. The van der Waals surface area contributed by atoms with Crippen LogP contribution in [0.4, 0.5) is 0 Å². The number of aryl methyl sites for hydroxylation is 1. The average molecular weight is 265 g/mol. The van der Waals surface area contributed by atoms with Crippen molar-refractivity contribution in [1.29, 1.82) is 5.26 Å². The van der Waals surface area contributed by atoms with Gasteiger partial charge in [-0.1, -0.05) is 12.2 Å². The Morgan fingerprint density at radius 2 is 2.17 bits per heavy atom. The van der Waals surface area contributed by atoms with Gasteiger partial charge in [-0.15, -0.1) is 0 Å². The Kier molecular flexibility index (Phi) is 5.04. The van der Waals surface area contributed by atoms with Gasteiger partial charge in [0, 0.05) is 13.1 Å². The van der Waals surface area contributed by atoms with Crippen molar-refractivity contribution < 1.29 is 8.42 Å². The summed E-state index contributed by atoms with van der Waals surface area (Å²) in [7, 11) is -3.55. The number of hydrogen-bond acceptors (Lipinski definition) is 4. The molecule has 0 bridgehead atoms. The van der Waals surface area contributed by atoms with Crippen molar-refractivity contribution in [3.8, 4) is 6.07 Å². The molecule has 0 heterocycles. The van der Waals surface area contributed by atoms with Crippen molar-refractivity contribution in [3.63, 3.8) is 0 Å². The summed E-state index contributed by atoms with van der Waals surface area (Å²) in [5.41, 5.74) is 6.24. The zero-order chi connectivity index (χ0) is 13.6. The molecule has 1 aromatic carbocycles. The van der Waals surface area contributed by atoms with Gasteiger partial charge in [-0.25, -0.2) is 13.1 Å². The minimum Gasteiger partial charge on any atom is -0.327 e. The van der Waals surface area contributed by atoms with Crippen molar-refractivity contribution in [2.24, 2.45) is 5.73 Å². The van der Waals surface area contributed by atoms with Crippen LogP contribution in [0.15, 0.2) is 35.2 Å². The molecular weight excluding hydrogens is 250 g/mol. The van der Waals surface area contributed by atoms with Crippen molar-refractivity contribution in [2.75, 3.05) is 13.1 Å². The second-order valence-corrected chi connectivity index (χ2v) is 5.39. The Balaban J connectivity index is 2.92. The maximum Gasteiger partial charge on any atom is 0.241 e. The van der Waals surface area contributed by atoms with Gasteiger partial charge in [-0.05, 0) is 30.7 Å². The third-order valence-corrected chi connectivity index (χ3v) is 3.87. The lowest BCUT2D eigenvalue weighted by Gasteiger charge is -2.07. The fraction of sp³-hybridized carbons (Fsp3) is 0.250. The lowest BCUT2D eigenvalue weighted by atomic mass is 10.2. The summed E-state index contributed by atoms with van der Waals surface area (Å²) in [5.74, 6) is 0. The van der Waals surface area contributed by atoms with Crippen LogP contribution >= 0.6 is 0 Å². The number of nitrogens with two attached hydrogens (primary N) is 1. The van der Waals surface area contributed by atoms with Gasteiger partial charge in [-0.3, -0.25) is 0 Å². The van der Waals surface area contributed by atoms with Crippen LogP contribution in [0.25, 0.3) is 0 Å². The molecule has 0 aromatic heterocycles. The number of nitrogens with one attached hydrogen (secondary N) is 1. The molecule has 18 heavy (non-hydrogen) atoms. The van der Waals surface area contributed by atoms with Gasteiger partial charge in [-0.2, -0.15) is 5.26 Å². The van der Waals surface area contributed by atoms with E-state index < -0.39 is 10.0 Å². The van der Waals surface area contributed by atoms with E-state index in [1.54, 1.807) is 25.1 Å². The molecule has 0 aliphatic rings. The number of benzene rings is 1. The monoisotopic (exact) mass is 265 g/mol. The van der Waals surface area contributed by atoms with Gasteiger partial charge < -0.3 is 5.73 Å². The molecule has 1 aromatic rings. The molecule has 6 heteroatoms. The van der Waals surface area contributed by atoms with E-state index in [1.807, 2.05) is 6.07 Å². The zero-order valence-electron chi connectivity index (χ0n) is 10.1. The summed E-state index contributed by atoms with van der Waals surface area (Å²) in [5, 5.41) is 8.72. The summed E-state index contributed by atoms with van der Waals surface area (Å²) in [6.45, 7) is 2.22. The molecule has 0 aliphatic carbocycles. The molecule has 0 aliphatic heterocycles. The molecule has 5 nitrogen and oxygen atoms in total. The van der Waals surface area contributed by atoms with E-state index in [1.165, 1.54) is 12.1 Å². The molecule has 96 valence electrons. The number of hydrogen-bond donors (Lipinski definition) is 2. The smallest absolute Gasteiger partial charge is 0.241 e. The minimum atomic E-state index is -3.55. The lowest BCUT2D eigenvalue weighted by molar-refractivity contribution is 0.585. The molecule has 0 spiro atoms. The third-order valence-electron chi connectivity index (χ3n) is 2.29. The molecule has 0 unspecified atom stereocenters. The molecule has 0 atom stereocenters. The van der Waals surface area contributed by atoms with Gasteiger partial charge >= 0.3 is 0 Å². The molecule has 0 amide bonds. The zero-order valence-corrected chi connectivity index (χ0v) is 10.9. The highest BCUT2D eigenvalue weighted by molar-refractivity contribution is 7.89. The number of sulfonamides is 1. The van der Waals surface area contributed by atoms with Gasteiger partial charge in [0.1, 0.15) is 0 Å². The Bertz CT molecular complexity index is 586. The van der Waals surface area contributed by atoms with Crippen LogP contribution in [0.1, 0.15) is 11.1 Å². The van der Waals surface area contributed by atoms with Crippen LogP contribution in [0, 0.1) is 18.3 Å². The van der Waals surface area contributed by atoms with E-state index in [4.69, 9.17) is 11.0 Å².